The molecular weight excluding hydrogens is 421 g/mol. The second kappa shape index (κ2) is 9.09. The van der Waals surface area contributed by atoms with Crippen molar-refractivity contribution in [3.8, 4) is 0 Å². The number of aromatic nitrogens is 3. The van der Waals surface area contributed by atoms with Crippen LogP contribution in [0.4, 0.5) is 5.69 Å². The molecule has 0 aliphatic heterocycles. The maximum atomic E-state index is 12.4. The Labute approximate surface area is 174 Å². The first-order valence-electron chi connectivity index (χ1n) is 8.09. The topological polar surface area (TPSA) is 103 Å². The Morgan fingerprint density at radius 2 is 1.89 bits per heavy atom. The molecule has 0 aliphatic rings. The first-order chi connectivity index (χ1) is 13.4. The number of thioether (sulfide) groups is 1. The molecule has 0 radical (unpaired) electrons. The molecule has 0 fully saturated rings. The van der Waals surface area contributed by atoms with Gasteiger partial charge in [-0.15, -0.1) is 10.2 Å². The van der Waals surface area contributed by atoms with Crippen LogP contribution in [0.3, 0.4) is 0 Å². The lowest BCUT2D eigenvalue weighted by Crippen LogP contribution is -2.34. The third-order valence-electron chi connectivity index (χ3n) is 3.68. The number of carbonyl (C=O) groups is 1. The molecule has 0 saturated carbocycles. The van der Waals surface area contributed by atoms with Gasteiger partial charge in [-0.25, -0.2) is 0 Å². The summed E-state index contributed by atoms with van der Waals surface area (Å²) in [6, 6.07) is 14.2. The molecule has 28 heavy (non-hydrogen) atoms. The fraction of sp³-hybridized carbons (Fsp3) is 0.111. The van der Waals surface area contributed by atoms with E-state index in [-0.39, 0.29) is 22.5 Å². The van der Waals surface area contributed by atoms with Gasteiger partial charge in [-0.05, 0) is 23.8 Å². The zero-order valence-electron chi connectivity index (χ0n) is 14.4. The van der Waals surface area contributed by atoms with Crippen molar-refractivity contribution < 1.29 is 4.79 Å². The van der Waals surface area contributed by atoms with Crippen LogP contribution in [0.2, 0.25) is 10.0 Å². The fourth-order valence-electron chi connectivity index (χ4n) is 2.33. The van der Waals surface area contributed by atoms with Crippen molar-refractivity contribution in [1.82, 2.24) is 14.9 Å². The summed E-state index contributed by atoms with van der Waals surface area (Å²) in [5.74, 6) is 5.44. The van der Waals surface area contributed by atoms with Crippen LogP contribution >= 0.6 is 35.0 Å². The minimum Gasteiger partial charge on any atom is -0.334 e. The van der Waals surface area contributed by atoms with E-state index < -0.39 is 5.56 Å². The molecule has 0 aliphatic carbocycles. The third kappa shape index (κ3) is 5.03. The molecule has 0 atom stereocenters. The van der Waals surface area contributed by atoms with Crippen LogP contribution in [0.1, 0.15) is 11.3 Å². The summed E-state index contributed by atoms with van der Waals surface area (Å²) < 4.78 is 0.898. The van der Waals surface area contributed by atoms with Gasteiger partial charge >= 0.3 is 0 Å². The zero-order valence-corrected chi connectivity index (χ0v) is 16.8. The Morgan fingerprint density at radius 3 is 2.64 bits per heavy atom. The number of nitrogens with zero attached hydrogens (tertiary/aromatic N) is 3. The maximum Gasteiger partial charge on any atom is 0.294 e. The van der Waals surface area contributed by atoms with Gasteiger partial charge in [0.1, 0.15) is 5.69 Å². The molecule has 1 aromatic heterocycles. The third-order valence-corrected chi connectivity index (χ3v) is 5.19. The summed E-state index contributed by atoms with van der Waals surface area (Å²) in [5, 5.41) is 11.5. The largest absolute Gasteiger partial charge is 0.334 e. The van der Waals surface area contributed by atoms with Crippen molar-refractivity contribution in [2.24, 2.45) is 0 Å². The highest BCUT2D eigenvalue weighted by Gasteiger charge is 2.14. The molecule has 3 aromatic rings. The van der Waals surface area contributed by atoms with Gasteiger partial charge in [0.25, 0.3) is 5.56 Å². The van der Waals surface area contributed by atoms with Crippen LogP contribution in [0.15, 0.2) is 58.5 Å². The Hall–Kier alpha value is -2.55. The number of hydrogen-bond donors (Lipinski definition) is 2. The van der Waals surface area contributed by atoms with Gasteiger partial charge in [0, 0.05) is 11.4 Å². The van der Waals surface area contributed by atoms with Crippen molar-refractivity contribution in [3.63, 3.8) is 0 Å². The molecule has 3 rings (SSSR count). The quantitative estimate of drug-likeness (QED) is 0.455. The molecular formula is C18H15Cl2N5O2S. The number of nitrogens with one attached hydrogen (secondary N) is 1. The predicted octanol–water partition coefficient (Wildman–Crippen LogP) is 2.98. The van der Waals surface area contributed by atoms with Crippen molar-refractivity contribution in [3.05, 3.63) is 80.2 Å². The van der Waals surface area contributed by atoms with Crippen LogP contribution < -0.4 is 16.7 Å². The van der Waals surface area contributed by atoms with Gasteiger partial charge in [-0.3, -0.25) is 9.59 Å². The summed E-state index contributed by atoms with van der Waals surface area (Å²) in [6.07, 6.45) is 0.322. The number of nitrogen functional groups attached to an aromatic ring is 1. The Morgan fingerprint density at radius 1 is 1.14 bits per heavy atom. The molecule has 1 heterocycles. The lowest BCUT2D eigenvalue weighted by molar-refractivity contribution is -0.113. The molecule has 0 spiro atoms. The molecule has 2 aromatic carbocycles. The van der Waals surface area contributed by atoms with Crippen molar-refractivity contribution in [2.75, 3.05) is 16.9 Å². The number of halogens is 2. The monoisotopic (exact) mass is 435 g/mol. The highest BCUT2D eigenvalue weighted by molar-refractivity contribution is 7.99. The second-order valence-corrected chi connectivity index (χ2v) is 7.51. The first kappa shape index (κ1) is 20.2. The summed E-state index contributed by atoms with van der Waals surface area (Å²) in [7, 11) is 0. The van der Waals surface area contributed by atoms with Crippen molar-refractivity contribution in [1.29, 1.82) is 0 Å². The summed E-state index contributed by atoms with van der Waals surface area (Å²) >= 11 is 12.9. The van der Waals surface area contributed by atoms with Crippen molar-refractivity contribution >= 4 is 46.6 Å². The smallest absolute Gasteiger partial charge is 0.294 e. The summed E-state index contributed by atoms with van der Waals surface area (Å²) in [4.78, 5) is 24.5. The minimum atomic E-state index is -0.459. The summed E-state index contributed by atoms with van der Waals surface area (Å²) in [6.45, 7) is 0. The van der Waals surface area contributed by atoms with Gasteiger partial charge in [-0.2, -0.15) is 4.68 Å². The molecule has 1 amide bonds. The van der Waals surface area contributed by atoms with Crippen LogP contribution in [0, 0.1) is 0 Å². The van der Waals surface area contributed by atoms with E-state index in [0.29, 0.717) is 22.2 Å². The molecule has 10 heteroatoms. The second-order valence-electron chi connectivity index (χ2n) is 5.73. The maximum absolute atomic E-state index is 12.4. The van der Waals surface area contributed by atoms with E-state index in [1.54, 1.807) is 18.2 Å². The van der Waals surface area contributed by atoms with E-state index in [4.69, 9.17) is 29.0 Å². The van der Waals surface area contributed by atoms with E-state index in [2.05, 4.69) is 15.5 Å². The first-order valence-corrected chi connectivity index (χ1v) is 9.83. The lowest BCUT2D eigenvalue weighted by atomic mass is 10.1. The molecule has 0 saturated heterocycles. The van der Waals surface area contributed by atoms with Crippen LogP contribution in [0.25, 0.3) is 0 Å². The van der Waals surface area contributed by atoms with E-state index in [1.165, 1.54) is 0 Å². The zero-order chi connectivity index (χ0) is 20.1. The number of amides is 1. The number of anilines is 1. The highest BCUT2D eigenvalue weighted by atomic mass is 35.5. The predicted molar refractivity (Wildman–Crippen MR) is 112 cm³/mol. The Kier molecular flexibility index (Phi) is 6.56. The van der Waals surface area contributed by atoms with Gasteiger partial charge in [0.05, 0.1) is 16.5 Å². The summed E-state index contributed by atoms with van der Waals surface area (Å²) in [5.41, 5.74) is 1.09. The average Bonchev–Trinajstić information content (AvgIpc) is 2.68. The highest BCUT2D eigenvalue weighted by Crippen LogP contribution is 2.25. The number of rotatable bonds is 6. The molecule has 0 unspecified atom stereocenters. The van der Waals surface area contributed by atoms with E-state index in [1.807, 2.05) is 30.3 Å². The SMILES string of the molecule is Nn1c(SCC(=O)Nc2cc(Cl)ccc2Cl)nnc(Cc2ccccc2)c1=O. The molecule has 0 bridgehead atoms. The van der Waals surface area contributed by atoms with Gasteiger partial charge in [0.2, 0.25) is 11.1 Å². The Balaban J connectivity index is 1.66. The lowest BCUT2D eigenvalue weighted by Gasteiger charge is -2.09. The molecule has 144 valence electrons. The van der Waals surface area contributed by atoms with Crippen LogP contribution in [0.5, 0.6) is 0 Å². The standard InChI is InChI=1S/C18H15Cl2N5O2S/c19-12-6-7-13(20)14(9-12)22-16(26)10-28-18-24-23-15(17(27)25(18)21)8-11-4-2-1-3-5-11/h1-7,9H,8,10,21H2,(H,22,26). The van der Waals surface area contributed by atoms with Gasteiger partial charge in [0.15, 0.2) is 0 Å². The minimum absolute atomic E-state index is 0.0355. The normalized spacial score (nSPS) is 10.6. The number of nitrogens with two attached hydrogens (primary N) is 1. The van der Waals surface area contributed by atoms with Gasteiger partial charge in [-0.1, -0.05) is 65.3 Å². The number of hydrogen-bond acceptors (Lipinski definition) is 6. The van der Waals surface area contributed by atoms with Crippen molar-refractivity contribution in [2.45, 2.75) is 11.6 Å². The van der Waals surface area contributed by atoms with E-state index >= 15 is 0 Å². The average molecular weight is 436 g/mol. The fourth-order valence-corrected chi connectivity index (χ4v) is 3.32. The molecule has 3 N–H and O–H groups in total. The van der Waals surface area contributed by atoms with E-state index in [0.717, 1.165) is 22.0 Å². The number of benzene rings is 2. The van der Waals surface area contributed by atoms with Gasteiger partial charge < -0.3 is 11.2 Å². The van der Waals surface area contributed by atoms with Crippen LogP contribution in [-0.4, -0.2) is 26.5 Å². The number of carbonyl (C=O) groups excluding carboxylic acids is 1. The van der Waals surface area contributed by atoms with Crippen LogP contribution in [-0.2, 0) is 11.2 Å². The molecule has 7 nitrogen and oxygen atoms in total. The van der Waals surface area contributed by atoms with E-state index in [9.17, 15) is 9.59 Å². The Bertz CT molecular complexity index is 1060.